The Bertz CT molecular complexity index is 1660. The molecule has 0 aromatic carbocycles. The molecule has 69 heavy (non-hydrogen) atoms. The number of methoxy groups -OCH3 is 1. The van der Waals surface area contributed by atoms with Crippen molar-refractivity contribution in [3.63, 3.8) is 0 Å². The zero-order valence-electron chi connectivity index (χ0n) is 36.1. The molecule has 0 aromatic rings. The van der Waals surface area contributed by atoms with E-state index in [0.29, 0.717) is 0 Å². The van der Waals surface area contributed by atoms with Crippen LogP contribution in [0, 0.1) is 45.9 Å². The van der Waals surface area contributed by atoms with E-state index in [1.165, 1.54) is 14.7 Å². The number of carboxylic acid groups (broad SMARTS) is 3. The topological polar surface area (TPSA) is 201 Å². The Morgan fingerprint density at radius 1 is 0.551 bits per heavy atom. The van der Waals surface area contributed by atoms with Gasteiger partial charge in [-0.15, -0.1) is 0 Å². The van der Waals surface area contributed by atoms with Crippen molar-refractivity contribution < 1.29 is 163 Å². The molecule has 1 rings (SSSR count). The van der Waals surface area contributed by atoms with Gasteiger partial charge in [0, 0.05) is 112 Å². The minimum absolute atomic E-state index is 0. The summed E-state index contributed by atoms with van der Waals surface area (Å²) < 4.78 is 240. The number of nitrogens with one attached hydrogen (secondary N) is 1. The van der Waals surface area contributed by atoms with Gasteiger partial charge in [-0.2, -0.15) is 74.6 Å². The molecule has 1 heterocycles. The first-order valence-corrected chi connectivity index (χ1v) is 19.7. The van der Waals surface area contributed by atoms with Crippen LogP contribution in [-0.2, 0) is 33.4 Å². The quantitative estimate of drug-likeness (QED) is 0.0635. The fraction of sp³-hybridized carbons (Fsp3) is 0.857. The Morgan fingerprint density at radius 3 is 1.26 bits per heavy atom. The molecule has 1 saturated heterocycles. The van der Waals surface area contributed by atoms with E-state index in [0.717, 1.165) is 18.9 Å². The number of nitrogens with zero attached hydrogens (tertiary/aromatic N) is 5. The normalized spacial score (nSPS) is 17.3. The predicted octanol–water partition coefficient (Wildman–Crippen LogP) is -0.899. The maximum atomic E-state index is 14.3. The maximum absolute atomic E-state index is 14.3. The minimum atomic E-state index is -8.76. The summed E-state index contributed by atoms with van der Waals surface area (Å²) in [6.07, 6.45) is -10.7. The predicted molar refractivity (Wildman–Crippen MR) is 188 cm³/mol. The van der Waals surface area contributed by atoms with Crippen molar-refractivity contribution in [3.8, 4) is 0 Å². The van der Waals surface area contributed by atoms with Gasteiger partial charge in [0.1, 0.15) is 5.92 Å². The summed E-state index contributed by atoms with van der Waals surface area (Å²) in [7, 11) is 1.12. The number of carbonyl (C=O) groups excluding carboxylic acids is 5. The number of rotatable bonds is 26. The van der Waals surface area contributed by atoms with Crippen molar-refractivity contribution >= 4 is 29.7 Å². The van der Waals surface area contributed by atoms with E-state index in [-0.39, 0.29) is 112 Å². The molecule has 0 aliphatic carbocycles. The van der Waals surface area contributed by atoms with Crippen LogP contribution < -0.4 is 20.6 Å². The molecule has 1 radical (unpaired) electrons. The molecule has 1 unspecified atom stereocenters. The summed E-state index contributed by atoms with van der Waals surface area (Å²) in [5.74, 6) is -65.3. The van der Waals surface area contributed by atoms with Crippen molar-refractivity contribution in [3.05, 3.63) is 0 Å². The molecule has 1 atom stereocenters. The number of hydrogen-bond donors (Lipinski definition) is 1. The number of halogens is 17. The Hall–Kier alpha value is -2.76. The molecule has 1 fully saturated rings. The number of hydrogen-bond acceptors (Lipinski definition) is 14. The van der Waals surface area contributed by atoms with Crippen LogP contribution in [0.1, 0.15) is 13.3 Å². The number of carboxylic acids is 3. The molecule has 2 amide bonds. The Kier molecular flexibility index (Phi) is 25.7. The van der Waals surface area contributed by atoms with Gasteiger partial charge in [-0.3, -0.25) is 29.2 Å². The molecular weight excluding hydrogens is 1140 g/mol. The SMILES string of the molecule is COCCN(CCOCCC(F)(F)C(F)(F)C(F)(F)C(F)(F)C(F)(F)C(F)(F)C(F)(F)C(F)(F)F)C(=O)C(C)C(=O)NCCN1CCN(CC(=O)[O-])CCN(CC(=O)[O-])CCN(CC(=O)[O-])CC1.[Gd+3]. The number of carbonyl (C=O) groups is 5. The van der Waals surface area contributed by atoms with E-state index in [2.05, 4.69) is 10.1 Å². The number of alkyl halides is 17. The van der Waals surface area contributed by atoms with Gasteiger partial charge in [-0.05, 0) is 6.92 Å². The summed E-state index contributed by atoms with van der Waals surface area (Å²) in [4.78, 5) is 67.0. The van der Waals surface area contributed by atoms with Gasteiger partial charge in [0.05, 0.1) is 37.7 Å². The number of amides is 2. The first-order chi connectivity index (χ1) is 30.9. The van der Waals surface area contributed by atoms with E-state index in [1.54, 1.807) is 4.90 Å². The van der Waals surface area contributed by atoms with Crippen molar-refractivity contribution in [1.29, 1.82) is 0 Å². The number of aliphatic carboxylic acids is 3. The molecule has 1 aliphatic rings. The Morgan fingerprint density at radius 2 is 0.899 bits per heavy atom. The summed E-state index contributed by atoms with van der Waals surface area (Å²) in [5, 5.41) is 36.5. The van der Waals surface area contributed by atoms with Crippen LogP contribution in [0.3, 0.4) is 0 Å². The molecule has 0 spiro atoms. The smallest absolute Gasteiger partial charge is 0.549 e. The summed E-state index contributed by atoms with van der Waals surface area (Å²) >= 11 is 0. The second-order valence-electron chi connectivity index (χ2n) is 15.1. The van der Waals surface area contributed by atoms with Crippen LogP contribution in [0.2, 0.25) is 0 Å². The standard InChI is InChI=1S/C35H49F17N6O10.Gd/c1-22(26(65)53-4-5-54-6-8-55(19-23(59)60)10-12-57(21-25(63)64)13-11-56(9-7-54)20-24(61)62)27(66)58(14-17-67-2)15-18-68-16-3-28(36,37)29(38,39)30(40,41)31(42,43)32(44,45)33(46,47)34(48,49)35(50,51)52;/h22H,3-21H2,1-2H3,(H,53,65)(H,59,60)(H,61,62)(H,63,64);/q;+3/p-3. The van der Waals surface area contributed by atoms with Crippen molar-refractivity contribution in [2.45, 2.75) is 61.0 Å². The number of ether oxygens (including phenoxy) is 2. The average Bonchev–Trinajstić information content (AvgIpc) is 3.20. The van der Waals surface area contributed by atoms with Gasteiger partial charge in [-0.1, -0.05) is 0 Å². The first kappa shape index (κ1) is 66.2. The van der Waals surface area contributed by atoms with E-state index < -0.39 is 136 Å². The van der Waals surface area contributed by atoms with E-state index >= 15 is 0 Å². The van der Waals surface area contributed by atoms with Gasteiger partial charge >= 0.3 is 87.6 Å². The Labute approximate surface area is 413 Å². The second-order valence-corrected chi connectivity index (χ2v) is 15.1. The van der Waals surface area contributed by atoms with Crippen molar-refractivity contribution in [1.82, 2.24) is 29.8 Å². The third-order valence-corrected chi connectivity index (χ3v) is 10.2. The third-order valence-electron chi connectivity index (χ3n) is 10.2. The minimum Gasteiger partial charge on any atom is -0.549 e. The largest absolute Gasteiger partial charge is 3.00 e. The molecule has 0 aromatic heterocycles. The Balaban J connectivity index is 0.0000462. The molecule has 0 saturated carbocycles. The maximum Gasteiger partial charge on any atom is 3.00 e. The summed E-state index contributed by atoms with van der Waals surface area (Å²) in [6, 6.07) is 0. The zero-order chi connectivity index (χ0) is 52.9. The van der Waals surface area contributed by atoms with E-state index in [1.807, 2.05) is 0 Å². The molecule has 16 nitrogen and oxygen atoms in total. The van der Waals surface area contributed by atoms with Gasteiger partial charge < -0.3 is 49.4 Å². The molecule has 403 valence electrons. The van der Waals surface area contributed by atoms with Gasteiger partial charge in [0.25, 0.3) is 0 Å². The fourth-order valence-corrected chi connectivity index (χ4v) is 6.06. The van der Waals surface area contributed by atoms with Crippen LogP contribution in [0.25, 0.3) is 0 Å². The molecule has 1 N–H and O–H groups in total. The van der Waals surface area contributed by atoms with Crippen LogP contribution in [0.15, 0.2) is 0 Å². The van der Waals surface area contributed by atoms with Crippen LogP contribution >= 0.6 is 0 Å². The van der Waals surface area contributed by atoms with Crippen molar-refractivity contribution in [2.75, 3.05) is 125 Å². The third kappa shape index (κ3) is 17.2. The summed E-state index contributed by atoms with van der Waals surface area (Å²) in [5.41, 5.74) is 0. The molecule has 1 aliphatic heterocycles. The zero-order valence-corrected chi connectivity index (χ0v) is 38.4. The van der Waals surface area contributed by atoms with Crippen LogP contribution in [0.5, 0.6) is 0 Å². The van der Waals surface area contributed by atoms with Gasteiger partial charge in [0.2, 0.25) is 11.8 Å². The van der Waals surface area contributed by atoms with Gasteiger partial charge in [-0.25, -0.2) is 0 Å². The average molecular weight is 1190 g/mol. The van der Waals surface area contributed by atoms with E-state index in [9.17, 15) is 114 Å². The van der Waals surface area contributed by atoms with Crippen LogP contribution in [0.4, 0.5) is 74.6 Å². The molecular formula is C35H46F17GdN6O10. The fourth-order valence-electron chi connectivity index (χ4n) is 6.06. The van der Waals surface area contributed by atoms with Crippen LogP contribution in [-0.4, -0.2) is 227 Å². The molecule has 0 bridgehead atoms. The van der Waals surface area contributed by atoms with Gasteiger partial charge in [0.15, 0.2) is 0 Å². The summed E-state index contributed by atoms with van der Waals surface area (Å²) in [6.45, 7) is -4.78. The molecule has 34 heteroatoms. The first-order valence-electron chi connectivity index (χ1n) is 19.7. The monoisotopic (exact) mass is 1190 g/mol. The van der Waals surface area contributed by atoms with E-state index in [4.69, 9.17) is 4.74 Å². The van der Waals surface area contributed by atoms with Crippen molar-refractivity contribution in [2.24, 2.45) is 5.92 Å². The second kappa shape index (κ2) is 26.8.